The summed E-state index contributed by atoms with van der Waals surface area (Å²) >= 11 is 0. The molecule has 0 saturated heterocycles. The largest absolute Gasteiger partial charge is 0.392 e. The van der Waals surface area contributed by atoms with E-state index in [9.17, 15) is 5.11 Å². The van der Waals surface area contributed by atoms with E-state index in [1.54, 1.807) is 7.11 Å². The van der Waals surface area contributed by atoms with Crippen LogP contribution in [0.15, 0.2) is 4.52 Å². The molecule has 5 heteroatoms. The molecule has 0 aliphatic heterocycles. The van der Waals surface area contributed by atoms with Crippen LogP contribution >= 0.6 is 0 Å². The molecule has 0 bridgehead atoms. The summed E-state index contributed by atoms with van der Waals surface area (Å²) in [6, 6.07) is 0. The predicted molar refractivity (Wildman–Crippen MR) is 79.8 cm³/mol. The monoisotopic (exact) mass is 296 g/mol. The molecule has 1 saturated carbocycles. The highest BCUT2D eigenvalue weighted by Crippen LogP contribution is 2.46. The zero-order valence-corrected chi connectivity index (χ0v) is 13.8. The maximum absolute atomic E-state index is 9.93. The summed E-state index contributed by atoms with van der Waals surface area (Å²) < 4.78 is 11.1. The van der Waals surface area contributed by atoms with Crippen molar-refractivity contribution in [2.24, 2.45) is 11.3 Å². The molecule has 5 nitrogen and oxygen atoms in total. The zero-order chi connectivity index (χ0) is 15.7. The minimum absolute atomic E-state index is 0.173. The lowest BCUT2D eigenvalue weighted by Crippen LogP contribution is -2.37. The third-order valence-corrected chi connectivity index (χ3v) is 4.83. The molecule has 1 aliphatic carbocycles. The van der Waals surface area contributed by atoms with Crippen LogP contribution in [-0.2, 0) is 16.8 Å². The summed E-state index contributed by atoms with van der Waals surface area (Å²) in [5.41, 5.74) is -0.0809. The molecule has 1 heterocycles. The van der Waals surface area contributed by atoms with E-state index in [1.807, 2.05) is 13.8 Å². The van der Waals surface area contributed by atoms with Gasteiger partial charge in [0, 0.05) is 7.11 Å². The van der Waals surface area contributed by atoms with Crippen molar-refractivity contribution in [3.8, 4) is 0 Å². The molecule has 1 atom stereocenters. The van der Waals surface area contributed by atoms with Crippen molar-refractivity contribution >= 4 is 0 Å². The fourth-order valence-corrected chi connectivity index (χ4v) is 2.79. The van der Waals surface area contributed by atoms with Crippen molar-refractivity contribution in [3.63, 3.8) is 0 Å². The molecule has 2 rings (SSSR count). The van der Waals surface area contributed by atoms with E-state index in [4.69, 9.17) is 9.26 Å². The van der Waals surface area contributed by atoms with E-state index < -0.39 is 11.7 Å². The standard InChI is InChI=1S/C16H28N2O3/c1-11(2)12(19)10-13-17-14(18-21-13)16(20-5)8-6-15(3,4)7-9-16/h11-12,19H,6-10H2,1-5H3. The fraction of sp³-hybridized carbons (Fsp3) is 0.875. The lowest BCUT2D eigenvalue weighted by atomic mass is 9.70. The summed E-state index contributed by atoms with van der Waals surface area (Å²) in [5.74, 6) is 1.30. The van der Waals surface area contributed by atoms with Crippen molar-refractivity contribution in [3.05, 3.63) is 11.7 Å². The molecule has 0 aromatic carbocycles. The minimum atomic E-state index is -0.456. The van der Waals surface area contributed by atoms with E-state index in [0.717, 1.165) is 25.7 Å². The van der Waals surface area contributed by atoms with Gasteiger partial charge in [0.1, 0.15) is 5.60 Å². The Morgan fingerprint density at radius 1 is 1.24 bits per heavy atom. The van der Waals surface area contributed by atoms with Gasteiger partial charge in [0.05, 0.1) is 12.5 Å². The lowest BCUT2D eigenvalue weighted by molar-refractivity contribution is -0.0740. The molecule has 21 heavy (non-hydrogen) atoms. The Hall–Kier alpha value is -0.940. The Bertz CT molecular complexity index is 458. The number of ether oxygens (including phenoxy) is 1. The van der Waals surface area contributed by atoms with Gasteiger partial charge in [-0.3, -0.25) is 0 Å². The highest BCUT2D eigenvalue weighted by Gasteiger charge is 2.43. The van der Waals surface area contributed by atoms with Gasteiger partial charge in [0.25, 0.3) is 0 Å². The Balaban J connectivity index is 2.11. The molecule has 1 aromatic heterocycles. The highest BCUT2D eigenvalue weighted by molar-refractivity contribution is 5.05. The van der Waals surface area contributed by atoms with Crippen molar-refractivity contribution in [1.82, 2.24) is 10.1 Å². The quantitative estimate of drug-likeness (QED) is 0.904. The number of aliphatic hydroxyl groups excluding tert-OH is 1. The molecule has 1 aliphatic rings. The molecule has 1 fully saturated rings. The maximum Gasteiger partial charge on any atom is 0.229 e. The average Bonchev–Trinajstić information content (AvgIpc) is 2.88. The molecular formula is C16H28N2O3. The van der Waals surface area contributed by atoms with Gasteiger partial charge in [-0.1, -0.05) is 32.9 Å². The van der Waals surface area contributed by atoms with E-state index >= 15 is 0 Å². The summed E-state index contributed by atoms with van der Waals surface area (Å²) in [4.78, 5) is 4.48. The number of rotatable bonds is 5. The number of hydrogen-bond acceptors (Lipinski definition) is 5. The van der Waals surface area contributed by atoms with Gasteiger partial charge in [-0.2, -0.15) is 4.98 Å². The lowest BCUT2D eigenvalue weighted by Gasteiger charge is -2.40. The topological polar surface area (TPSA) is 68.4 Å². The number of methoxy groups -OCH3 is 1. The molecule has 1 unspecified atom stereocenters. The van der Waals surface area contributed by atoms with Crippen LogP contribution in [0.25, 0.3) is 0 Å². The molecular weight excluding hydrogens is 268 g/mol. The molecule has 1 N–H and O–H groups in total. The second-order valence-corrected chi connectivity index (χ2v) is 7.39. The third-order valence-electron chi connectivity index (χ3n) is 4.83. The van der Waals surface area contributed by atoms with Crippen molar-refractivity contribution in [2.75, 3.05) is 7.11 Å². The smallest absolute Gasteiger partial charge is 0.229 e. The first-order valence-corrected chi connectivity index (χ1v) is 7.84. The van der Waals surface area contributed by atoms with Crippen LogP contribution in [0.2, 0.25) is 0 Å². The van der Waals surface area contributed by atoms with Gasteiger partial charge in [-0.25, -0.2) is 0 Å². The van der Waals surface area contributed by atoms with Crippen LogP contribution < -0.4 is 0 Å². The molecule has 0 spiro atoms. The Morgan fingerprint density at radius 2 is 1.86 bits per heavy atom. The summed E-state index contributed by atoms with van der Waals surface area (Å²) in [6.45, 7) is 8.52. The number of aliphatic hydroxyl groups is 1. The van der Waals surface area contributed by atoms with E-state index in [-0.39, 0.29) is 5.92 Å². The maximum atomic E-state index is 9.93. The van der Waals surface area contributed by atoms with E-state index in [2.05, 4.69) is 24.0 Å². The van der Waals surface area contributed by atoms with Crippen molar-refractivity contribution in [2.45, 2.75) is 71.5 Å². The fourth-order valence-electron chi connectivity index (χ4n) is 2.79. The first-order valence-electron chi connectivity index (χ1n) is 7.84. The number of aromatic nitrogens is 2. The van der Waals surface area contributed by atoms with Crippen LogP contribution in [0, 0.1) is 11.3 Å². The second-order valence-electron chi connectivity index (χ2n) is 7.39. The number of nitrogens with zero attached hydrogens (tertiary/aromatic N) is 2. The van der Waals surface area contributed by atoms with Crippen LogP contribution in [0.1, 0.15) is 65.1 Å². The van der Waals surface area contributed by atoms with Crippen LogP contribution in [-0.4, -0.2) is 28.5 Å². The summed E-state index contributed by atoms with van der Waals surface area (Å²) in [6.07, 6.45) is 3.92. The molecule has 1 aromatic rings. The Labute approximate surface area is 127 Å². The number of hydrogen-bond donors (Lipinski definition) is 1. The Morgan fingerprint density at radius 3 is 2.38 bits per heavy atom. The predicted octanol–water partition coefficient (Wildman–Crippen LogP) is 3.07. The van der Waals surface area contributed by atoms with Crippen molar-refractivity contribution < 1.29 is 14.4 Å². The van der Waals surface area contributed by atoms with Gasteiger partial charge < -0.3 is 14.4 Å². The minimum Gasteiger partial charge on any atom is -0.392 e. The summed E-state index contributed by atoms with van der Waals surface area (Å²) in [7, 11) is 1.72. The normalized spacial score (nSPS) is 22.4. The zero-order valence-electron chi connectivity index (χ0n) is 13.8. The first kappa shape index (κ1) is 16.4. The van der Waals surface area contributed by atoms with Crippen LogP contribution in [0.4, 0.5) is 0 Å². The van der Waals surface area contributed by atoms with E-state index in [0.29, 0.717) is 23.6 Å². The molecule has 120 valence electrons. The van der Waals surface area contributed by atoms with Gasteiger partial charge in [0.15, 0.2) is 0 Å². The van der Waals surface area contributed by atoms with Gasteiger partial charge in [-0.15, -0.1) is 0 Å². The summed E-state index contributed by atoms with van der Waals surface area (Å²) in [5, 5.41) is 14.1. The van der Waals surface area contributed by atoms with Gasteiger partial charge in [0.2, 0.25) is 11.7 Å². The van der Waals surface area contributed by atoms with Gasteiger partial charge >= 0.3 is 0 Å². The van der Waals surface area contributed by atoms with Crippen LogP contribution in [0.5, 0.6) is 0 Å². The van der Waals surface area contributed by atoms with Crippen molar-refractivity contribution in [1.29, 1.82) is 0 Å². The molecule has 0 radical (unpaired) electrons. The Kier molecular flexibility index (Phi) is 4.73. The second kappa shape index (κ2) is 6.05. The highest BCUT2D eigenvalue weighted by atomic mass is 16.5. The first-order chi connectivity index (χ1) is 9.78. The SMILES string of the molecule is COC1(c2noc(CC(O)C(C)C)n2)CCC(C)(C)CC1. The van der Waals surface area contributed by atoms with E-state index in [1.165, 1.54) is 0 Å². The average molecular weight is 296 g/mol. The van der Waals surface area contributed by atoms with Crippen LogP contribution in [0.3, 0.4) is 0 Å². The third kappa shape index (κ3) is 3.64. The van der Waals surface area contributed by atoms with Gasteiger partial charge in [-0.05, 0) is 37.0 Å². The molecule has 0 amide bonds.